The van der Waals surface area contributed by atoms with Crippen molar-refractivity contribution in [1.29, 1.82) is 0 Å². The summed E-state index contributed by atoms with van der Waals surface area (Å²) in [6.45, 7) is 11.3. The van der Waals surface area contributed by atoms with Crippen molar-refractivity contribution in [2.75, 3.05) is 57.4 Å². The van der Waals surface area contributed by atoms with Crippen LogP contribution in [0.4, 0.5) is 24.5 Å². The molecule has 1 aliphatic carbocycles. The molecule has 0 spiro atoms. The Balaban J connectivity index is 1.08. The summed E-state index contributed by atoms with van der Waals surface area (Å²) in [6.07, 6.45) is 4.42. The number of halogens is 3. The van der Waals surface area contributed by atoms with E-state index in [1.165, 1.54) is 23.4 Å². The number of aromatic nitrogens is 2. The number of nitrogens with zero attached hydrogens (tertiary/aromatic N) is 4. The first-order valence-electron chi connectivity index (χ1n) is 20.6. The molecule has 14 nitrogen and oxygen atoms in total. The smallest absolute Gasteiger partial charge is 0.312 e. The van der Waals surface area contributed by atoms with Gasteiger partial charge in [-0.2, -0.15) is 0 Å². The first-order valence-corrected chi connectivity index (χ1v) is 22.1. The molecule has 2 fully saturated rings. The van der Waals surface area contributed by atoms with E-state index in [1.807, 2.05) is 4.72 Å². The fraction of sp³-hybridized carbons (Fsp3) is 0.455. The molecule has 2 aliphatic heterocycles. The second kappa shape index (κ2) is 18.5. The summed E-state index contributed by atoms with van der Waals surface area (Å²) in [5.74, 6) is -1.04. The number of nitro groups is 1. The number of sulfonamides is 1. The fourth-order valence-electron chi connectivity index (χ4n) is 8.10. The summed E-state index contributed by atoms with van der Waals surface area (Å²) in [5, 5.41) is 12.7. The molecule has 2 saturated heterocycles. The van der Waals surface area contributed by atoms with E-state index in [-0.39, 0.29) is 66.3 Å². The standard InChI is InChI=1S/C44H51F3N6O8S/c1-29(40(45)46)4-5-31-25-43(2,3)12-10-32(31)27-51-16-18-52(19-17-51)33-6-8-36(39(23-33)61-34-22-30-11-15-48-41(30)49-26-34)42(54)50-62(57,58)35-7-9-38(37(24-35)53(55)56)60-28-44(47)13-20-59-21-14-44/h6-9,11,15,22-24,26,40H,1,4-5,10,12-14,16-21,25,27-28H2,2-3H3,(H,48,49)(H,50,54). The maximum atomic E-state index is 15.1. The Labute approximate surface area is 358 Å². The Bertz CT molecular complexity index is 2460. The number of benzene rings is 2. The van der Waals surface area contributed by atoms with Crippen molar-refractivity contribution in [3.8, 4) is 17.2 Å². The first kappa shape index (κ1) is 44.6. The predicted molar refractivity (Wildman–Crippen MR) is 227 cm³/mol. The molecule has 0 radical (unpaired) electrons. The number of carbonyl (C=O) groups is 1. The SMILES string of the molecule is C=C(CCC1=C(CN2CCN(c3ccc(C(=O)NS(=O)(=O)c4ccc(OCC5(F)CCOCC5)c([N+](=O)[O-])c4)c(Oc4cnc5[nH]ccc5c4)c3)CC2)CCC(C)(C)C1)C(F)F. The van der Waals surface area contributed by atoms with Gasteiger partial charge in [0.1, 0.15) is 29.4 Å². The number of rotatable bonds is 16. The molecule has 2 N–H and O–H groups in total. The van der Waals surface area contributed by atoms with Gasteiger partial charge in [-0.05, 0) is 79.5 Å². The Morgan fingerprint density at radius 3 is 2.53 bits per heavy atom. The number of carbonyl (C=O) groups excluding carboxylic acids is 1. The molecule has 0 bridgehead atoms. The van der Waals surface area contributed by atoms with Gasteiger partial charge in [0.25, 0.3) is 22.4 Å². The van der Waals surface area contributed by atoms with Crippen molar-refractivity contribution in [2.45, 2.75) is 75.8 Å². The molecule has 2 aromatic carbocycles. The third-order valence-corrected chi connectivity index (χ3v) is 13.2. The summed E-state index contributed by atoms with van der Waals surface area (Å²) in [6, 6.07) is 11.2. The first-order chi connectivity index (χ1) is 29.5. The van der Waals surface area contributed by atoms with E-state index in [4.69, 9.17) is 14.2 Å². The number of fused-ring (bicyclic) bond motifs is 1. The fourth-order valence-corrected chi connectivity index (χ4v) is 9.09. The highest BCUT2D eigenvalue weighted by Gasteiger charge is 2.35. The summed E-state index contributed by atoms with van der Waals surface area (Å²) in [5.41, 5.74) is 1.37. The van der Waals surface area contributed by atoms with Crippen LogP contribution < -0.4 is 19.1 Å². The van der Waals surface area contributed by atoms with Gasteiger partial charge in [-0.25, -0.2) is 31.3 Å². The lowest BCUT2D eigenvalue weighted by Gasteiger charge is -2.39. The third kappa shape index (κ3) is 10.8. The van der Waals surface area contributed by atoms with Crippen molar-refractivity contribution in [3.63, 3.8) is 0 Å². The molecule has 18 heteroatoms. The van der Waals surface area contributed by atoms with Crippen molar-refractivity contribution in [1.82, 2.24) is 19.6 Å². The summed E-state index contributed by atoms with van der Waals surface area (Å²) < 4.78 is 87.8. The topological polar surface area (TPSA) is 169 Å². The van der Waals surface area contributed by atoms with E-state index >= 15 is 4.39 Å². The van der Waals surface area contributed by atoms with E-state index in [1.54, 1.807) is 30.5 Å². The maximum Gasteiger partial charge on any atom is 0.312 e. The zero-order valence-electron chi connectivity index (χ0n) is 34.8. The highest BCUT2D eigenvalue weighted by Crippen LogP contribution is 2.42. The van der Waals surface area contributed by atoms with Gasteiger partial charge < -0.3 is 24.1 Å². The minimum absolute atomic E-state index is 0.0358. The van der Waals surface area contributed by atoms with E-state index in [2.05, 4.69) is 40.2 Å². The Kier molecular flexibility index (Phi) is 13.3. The molecule has 7 rings (SSSR count). The van der Waals surface area contributed by atoms with Gasteiger partial charge in [-0.1, -0.05) is 31.6 Å². The Morgan fingerprint density at radius 2 is 1.81 bits per heavy atom. The van der Waals surface area contributed by atoms with Gasteiger partial charge in [0.05, 0.1) is 21.6 Å². The second-order valence-corrected chi connectivity index (χ2v) is 18.7. The van der Waals surface area contributed by atoms with E-state index < -0.39 is 50.1 Å². The number of ether oxygens (including phenoxy) is 3. The lowest BCUT2D eigenvalue weighted by Crippen LogP contribution is -2.47. The largest absolute Gasteiger partial charge is 0.483 e. The number of allylic oxidation sites excluding steroid dienone is 2. The molecule has 0 unspecified atom stereocenters. The van der Waals surface area contributed by atoms with Crippen LogP contribution in [0.1, 0.15) is 69.2 Å². The summed E-state index contributed by atoms with van der Waals surface area (Å²) in [4.78, 5) is 36.3. The van der Waals surface area contributed by atoms with Crippen molar-refractivity contribution in [3.05, 3.63) is 99.9 Å². The highest BCUT2D eigenvalue weighted by atomic mass is 32.2. The summed E-state index contributed by atoms with van der Waals surface area (Å²) >= 11 is 0. The number of piperazine rings is 1. The van der Waals surface area contributed by atoms with Crippen LogP contribution in [0, 0.1) is 15.5 Å². The number of alkyl halides is 3. The van der Waals surface area contributed by atoms with Crippen LogP contribution in [0.25, 0.3) is 11.0 Å². The van der Waals surface area contributed by atoms with E-state index in [0.717, 1.165) is 55.1 Å². The monoisotopic (exact) mass is 880 g/mol. The number of nitro benzene ring substituents is 1. The molecular formula is C44H51F3N6O8S. The van der Waals surface area contributed by atoms with Crippen molar-refractivity contribution in [2.24, 2.45) is 5.41 Å². The molecule has 3 aliphatic rings. The molecule has 2 aromatic heterocycles. The molecule has 0 atom stereocenters. The Hall–Kier alpha value is -5.46. The number of anilines is 1. The second-order valence-electron chi connectivity index (χ2n) is 17.0. The van der Waals surface area contributed by atoms with Crippen LogP contribution in [0.15, 0.2) is 89.1 Å². The van der Waals surface area contributed by atoms with Crippen LogP contribution in [0.3, 0.4) is 0 Å². The normalized spacial score (nSPS) is 18.2. The van der Waals surface area contributed by atoms with Crippen LogP contribution in [0.2, 0.25) is 0 Å². The zero-order chi connectivity index (χ0) is 44.2. The number of hydrogen-bond acceptors (Lipinski definition) is 11. The lowest BCUT2D eigenvalue weighted by molar-refractivity contribution is -0.386. The minimum atomic E-state index is -4.69. The number of aromatic amines is 1. The number of pyridine rings is 1. The van der Waals surface area contributed by atoms with Gasteiger partial charge in [0.15, 0.2) is 5.75 Å². The molecule has 0 saturated carbocycles. The number of H-pyrrole nitrogens is 1. The molecule has 4 heterocycles. The molecule has 4 aromatic rings. The van der Waals surface area contributed by atoms with Crippen LogP contribution in [-0.2, 0) is 14.8 Å². The van der Waals surface area contributed by atoms with E-state index in [0.29, 0.717) is 38.2 Å². The highest BCUT2D eigenvalue weighted by molar-refractivity contribution is 7.90. The van der Waals surface area contributed by atoms with E-state index in [9.17, 15) is 32.1 Å². The molecule has 62 heavy (non-hydrogen) atoms. The van der Waals surface area contributed by atoms with Crippen molar-refractivity contribution < 1.29 is 45.5 Å². The maximum absolute atomic E-state index is 15.1. The Morgan fingerprint density at radius 1 is 1.05 bits per heavy atom. The minimum Gasteiger partial charge on any atom is -0.483 e. The number of amides is 1. The van der Waals surface area contributed by atoms with Gasteiger partial charge in [0, 0.05) is 88.2 Å². The number of hydrogen-bond donors (Lipinski definition) is 2. The zero-order valence-corrected chi connectivity index (χ0v) is 35.6. The van der Waals surface area contributed by atoms with Gasteiger partial charge >= 0.3 is 5.69 Å². The molecular weight excluding hydrogens is 830 g/mol. The average molecular weight is 881 g/mol. The molecule has 332 valence electrons. The average Bonchev–Trinajstić information content (AvgIpc) is 3.71. The quantitative estimate of drug-likeness (QED) is 0.0629. The summed E-state index contributed by atoms with van der Waals surface area (Å²) in [7, 11) is -4.69. The lowest BCUT2D eigenvalue weighted by atomic mass is 9.73. The predicted octanol–water partition coefficient (Wildman–Crippen LogP) is 8.51. The third-order valence-electron chi connectivity index (χ3n) is 11.9. The van der Waals surface area contributed by atoms with Crippen LogP contribution >= 0.6 is 0 Å². The van der Waals surface area contributed by atoms with Gasteiger partial charge in [0.2, 0.25) is 0 Å². The van der Waals surface area contributed by atoms with Gasteiger partial charge in [-0.15, -0.1) is 0 Å². The van der Waals surface area contributed by atoms with Crippen LogP contribution in [0.5, 0.6) is 17.2 Å². The number of nitrogens with one attached hydrogen (secondary N) is 2. The van der Waals surface area contributed by atoms with Crippen molar-refractivity contribution >= 4 is 38.3 Å². The van der Waals surface area contributed by atoms with Gasteiger partial charge in [-0.3, -0.25) is 19.8 Å². The molecule has 1 amide bonds. The van der Waals surface area contributed by atoms with Crippen LogP contribution in [-0.4, -0.2) is 98.8 Å².